The summed E-state index contributed by atoms with van der Waals surface area (Å²) in [6, 6.07) is 8.52. The van der Waals surface area contributed by atoms with Gasteiger partial charge in [0.1, 0.15) is 10.9 Å². The van der Waals surface area contributed by atoms with Crippen molar-refractivity contribution >= 4 is 11.6 Å². The third-order valence-electron chi connectivity index (χ3n) is 2.04. The van der Waals surface area contributed by atoms with Gasteiger partial charge >= 0.3 is 0 Å². The Kier molecular flexibility index (Phi) is 2.97. The minimum absolute atomic E-state index is 0.106. The number of nitrogens with zero attached hydrogens (tertiary/aromatic N) is 1. The Morgan fingerprint density at radius 3 is 2.69 bits per heavy atom. The van der Waals surface area contributed by atoms with Gasteiger partial charge in [-0.2, -0.15) is 0 Å². The van der Waals surface area contributed by atoms with E-state index in [1.807, 2.05) is 13.0 Å². The fourth-order valence-corrected chi connectivity index (χ4v) is 1.38. The second kappa shape index (κ2) is 4.41. The molecule has 1 heterocycles. The van der Waals surface area contributed by atoms with Gasteiger partial charge in [0.15, 0.2) is 11.5 Å². The maximum Gasteiger partial charge on any atom is 0.169 e. The SMILES string of the molecule is Cc1ccc(Oc2ccc(Cl)nc2)c(O)c1. The fourth-order valence-electron chi connectivity index (χ4n) is 1.26. The zero-order valence-corrected chi connectivity index (χ0v) is 9.40. The number of halogens is 1. The number of hydrogen-bond donors (Lipinski definition) is 1. The highest BCUT2D eigenvalue weighted by atomic mass is 35.5. The average molecular weight is 236 g/mol. The molecule has 1 aromatic heterocycles. The van der Waals surface area contributed by atoms with Gasteiger partial charge in [-0.3, -0.25) is 0 Å². The molecule has 0 fully saturated rings. The molecule has 1 aromatic carbocycles. The van der Waals surface area contributed by atoms with Crippen molar-refractivity contribution < 1.29 is 9.84 Å². The molecule has 2 rings (SSSR count). The van der Waals surface area contributed by atoms with Crippen LogP contribution in [0, 0.1) is 6.92 Å². The van der Waals surface area contributed by atoms with Gasteiger partial charge in [-0.1, -0.05) is 17.7 Å². The Bertz CT molecular complexity index is 497. The van der Waals surface area contributed by atoms with Gasteiger partial charge in [-0.05, 0) is 36.8 Å². The molecule has 0 atom stereocenters. The van der Waals surface area contributed by atoms with Crippen LogP contribution in [0.1, 0.15) is 5.56 Å². The fraction of sp³-hybridized carbons (Fsp3) is 0.0833. The van der Waals surface area contributed by atoms with Crippen LogP contribution >= 0.6 is 11.6 Å². The Morgan fingerprint density at radius 1 is 1.25 bits per heavy atom. The molecule has 0 saturated heterocycles. The van der Waals surface area contributed by atoms with Gasteiger partial charge in [0.25, 0.3) is 0 Å². The monoisotopic (exact) mass is 235 g/mol. The number of hydrogen-bond acceptors (Lipinski definition) is 3. The highest BCUT2D eigenvalue weighted by Gasteiger charge is 2.04. The predicted octanol–water partition coefficient (Wildman–Crippen LogP) is 3.54. The molecule has 3 nitrogen and oxygen atoms in total. The number of rotatable bonds is 2. The van der Waals surface area contributed by atoms with Crippen LogP contribution in [-0.4, -0.2) is 10.1 Å². The first-order valence-corrected chi connectivity index (χ1v) is 5.12. The van der Waals surface area contributed by atoms with Crippen LogP contribution in [0.2, 0.25) is 5.15 Å². The van der Waals surface area contributed by atoms with Crippen LogP contribution in [0.25, 0.3) is 0 Å². The molecule has 0 amide bonds. The molecule has 16 heavy (non-hydrogen) atoms. The molecule has 0 bridgehead atoms. The van der Waals surface area contributed by atoms with E-state index in [2.05, 4.69) is 4.98 Å². The van der Waals surface area contributed by atoms with Crippen LogP contribution < -0.4 is 4.74 Å². The third kappa shape index (κ3) is 2.44. The van der Waals surface area contributed by atoms with E-state index in [0.29, 0.717) is 16.7 Å². The number of aromatic nitrogens is 1. The third-order valence-corrected chi connectivity index (χ3v) is 2.27. The van der Waals surface area contributed by atoms with Gasteiger partial charge in [0.2, 0.25) is 0 Å². The number of pyridine rings is 1. The van der Waals surface area contributed by atoms with Gasteiger partial charge in [0, 0.05) is 0 Å². The molecular formula is C12H10ClNO2. The molecule has 0 radical (unpaired) electrons. The highest BCUT2D eigenvalue weighted by molar-refractivity contribution is 6.29. The number of aryl methyl sites for hydroxylation is 1. The Morgan fingerprint density at radius 2 is 2.06 bits per heavy atom. The molecule has 0 unspecified atom stereocenters. The lowest BCUT2D eigenvalue weighted by Gasteiger charge is -2.07. The summed E-state index contributed by atoms with van der Waals surface area (Å²) in [6.07, 6.45) is 1.50. The van der Waals surface area contributed by atoms with Crippen LogP contribution in [0.3, 0.4) is 0 Å². The summed E-state index contributed by atoms with van der Waals surface area (Å²) in [5.41, 5.74) is 0.971. The Balaban J connectivity index is 2.23. The zero-order valence-electron chi connectivity index (χ0n) is 8.64. The lowest BCUT2D eigenvalue weighted by atomic mass is 10.2. The van der Waals surface area contributed by atoms with Crippen molar-refractivity contribution in [3.05, 3.63) is 47.2 Å². The summed E-state index contributed by atoms with van der Waals surface area (Å²) in [7, 11) is 0. The molecule has 2 aromatic rings. The van der Waals surface area contributed by atoms with E-state index < -0.39 is 0 Å². The first kappa shape index (κ1) is 10.8. The quantitative estimate of drug-likeness (QED) is 0.810. The van der Waals surface area contributed by atoms with Gasteiger partial charge in [-0.15, -0.1) is 0 Å². The smallest absolute Gasteiger partial charge is 0.169 e. The van der Waals surface area contributed by atoms with Gasteiger partial charge in [0.05, 0.1) is 6.20 Å². The molecular weight excluding hydrogens is 226 g/mol. The van der Waals surface area contributed by atoms with E-state index in [9.17, 15) is 5.11 Å². The summed E-state index contributed by atoms with van der Waals surface area (Å²) in [5.74, 6) is 1.04. The first-order chi connectivity index (χ1) is 7.65. The van der Waals surface area contributed by atoms with E-state index in [-0.39, 0.29) is 5.75 Å². The minimum atomic E-state index is 0.106. The molecule has 0 aliphatic rings. The number of ether oxygens (including phenoxy) is 1. The lowest BCUT2D eigenvalue weighted by molar-refractivity contribution is 0.410. The average Bonchev–Trinajstić information content (AvgIpc) is 2.25. The van der Waals surface area contributed by atoms with Crippen molar-refractivity contribution in [1.29, 1.82) is 0 Å². The summed E-state index contributed by atoms with van der Waals surface area (Å²) in [6.45, 7) is 1.90. The Hall–Kier alpha value is -1.74. The topological polar surface area (TPSA) is 42.4 Å². The summed E-state index contributed by atoms with van der Waals surface area (Å²) in [4.78, 5) is 3.88. The second-order valence-corrected chi connectivity index (χ2v) is 3.78. The summed E-state index contributed by atoms with van der Waals surface area (Å²) in [5, 5.41) is 10.0. The largest absolute Gasteiger partial charge is 0.504 e. The van der Waals surface area contributed by atoms with Crippen molar-refractivity contribution in [3.63, 3.8) is 0 Å². The van der Waals surface area contributed by atoms with Crippen molar-refractivity contribution in [2.24, 2.45) is 0 Å². The number of phenolic OH excluding ortho intramolecular Hbond substituents is 1. The Labute approximate surface area is 98.3 Å². The van der Waals surface area contributed by atoms with Gasteiger partial charge in [-0.25, -0.2) is 4.98 Å². The molecule has 0 saturated carbocycles. The zero-order chi connectivity index (χ0) is 11.5. The van der Waals surface area contributed by atoms with E-state index in [0.717, 1.165) is 5.56 Å². The maximum atomic E-state index is 9.64. The van der Waals surface area contributed by atoms with Crippen molar-refractivity contribution in [2.45, 2.75) is 6.92 Å². The maximum absolute atomic E-state index is 9.64. The van der Waals surface area contributed by atoms with E-state index in [4.69, 9.17) is 16.3 Å². The van der Waals surface area contributed by atoms with E-state index in [1.54, 1.807) is 24.3 Å². The lowest BCUT2D eigenvalue weighted by Crippen LogP contribution is -1.86. The predicted molar refractivity (Wildman–Crippen MR) is 62.2 cm³/mol. The van der Waals surface area contributed by atoms with E-state index >= 15 is 0 Å². The van der Waals surface area contributed by atoms with Crippen molar-refractivity contribution in [3.8, 4) is 17.2 Å². The first-order valence-electron chi connectivity index (χ1n) is 4.74. The van der Waals surface area contributed by atoms with Crippen LogP contribution in [0.5, 0.6) is 17.2 Å². The standard InChI is InChI=1S/C12H10ClNO2/c1-8-2-4-11(10(15)6-8)16-9-3-5-12(13)14-7-9/h2-7,15H,1H3. The van der Waals surface area contributed by atoms with Crippen LogP contribution in [-0.2, 0) is 0 Å². The van der Waals surface area contributed by atoms with Crippen LogP contribution in [0.15, 0.2) is 36.5 Å². The molecule has 82 valence electrons. The second-order valence-electron chi connectivity index (χ2n) is 3.39. The molecule has 4 heteroatoms. The van der Waals surface area contributed by atoms with E-state index in [1.165, 1.54) is 6.20 Å². The van der Waals surface area contributed by atoms with Crippen LogP contribution in [0.4, 0.5) is 0 Å². The number of benzene rings is 1. The number of aromatic hydroxyl groups is 1. The molecule has 0 aliphatic heterocycles. The highest BCUT2D eigenvalue weighted by Crippen LogP contribution is 2.30. The summed E-state index contributed by atoms with van der Waals surface area (Å²) >= 11 is 5.65. The number of phenols is 1. The van der Waals surface area contributed by atoms with Crippen molar-refractivity contribution in [1.82, 2.24) is 4.98 Å². The molecule has 1 N–H and O–H groups in total. The van der Waals surface area contributed by atoms with Crippen molar-refractivity contribution in [2.75, 3.05) is 0 Å². The normalized spacial score (nSPS) is 10.1. The minimum Gasteiger partial charge on any atom is -0.504 e. The summed E-state index contributed by atoms with van der Waals surface area (Å²) < 4.78 is 5.45. The molecule has 0 aliphatic carbocycles. The van der Waals surface area contributed by atoms with Gasteiger partial charge < -0.3 is 9.84 Å². The molecule has 0 spiro atoms.